The molecule has 1 unspecified atom stereocenters. The summed E-state index contributed by atoms with van der Waals surface area (Å²) in [7, 11) is 1.77. The topological polar surface area (TPSA) is 60.9 Å². The molecular weight excluding hydrogens is 340 g/mol. The molecule has 1 atom stereocenters. The van der Waals surface area contributed by atoms with Gasteiger partial charge in [0.15, 0.2) is 6.10 Å². The minimum absolute atomic E-state index is 0.0720. The lowest BCUT2D eigenvalue weighted by Crippen LogP contribution is -2.41. The highest BCUT2D eigenvalue weighted by Crippen LogP contribution is 2.25. The second kappa shape index (κ2) is 9.02. The second-order valence-electron chi connectivity index (χ2n) is 6.48. The molecule has 2 amide bonds. The normalized spacial score (nSPS) is 16.4. The van der Waals surface area contributed by atoms with E-state index in [0.29, 0.717) is 36.1 Å². The van der Waals surface area contributed by atoms with Crippen LogP contribution < -0.4 is 0 Å². The van der Waals surface area contributed by atoms with Crippen molar-refractivity contribution in [1.82, 2.24) is 9.80 Å². The van der Waals surface area contributed by atoms with E-state index in [4.69, 9.17) is 11.6 Å². The number of aliphatic hydroxyl groups excluding tert-OH is 1. The fourth-order valence-corrected chi connectivity index (χ4v) is 3.28. The fraction of sp³-hybridized carbons (Fsp3) is 0.474. The summed E-state index contributed by atoms with van der Waals surface area (Å²) in [5.74, 6) is 0.129. The molecule has 5 nitrogen and oxygen atoms in total. The third-order valence-corrected chi connectivity index (χ3v) is 4.98. The highest BCUT2D eigenvalue weighted by Gasteiger charge is 2.28. The number of likely N-dealkylation sites (N-methyl/N-ethyl adjacent to an activating group) is 1. The first-order valence-corrected chi connectivity index (χ1v) is 8.90. The fourth-order valence-electron chi connectivity index (χ4n) is 3.08. The maximum absolute atomic E-state index is 12.5. The van der Waals surface area contributed by atoms with Crippen LogP contribution in [0.15, 0.2) is 36.9 Å². The maximum atomic E-state index is 12.5. The van der Waals surface area contributed by atoms with Crippen LogP contribution in [0.1, 0.15) is 30.9 Å². The van der Waals surface area contributed by atoms with E-state index in [0.717, 1.165) is 19.3 Å². The molecule has 1 aromatic carbocycles. The van der Waals surface area contributed by atoms with Crippen LogP contribution in [0.25, 0.3) is 0 Å². The third kappa shape index (κ3) is 5.31. The molecule has 1 fully saturated rings. The Hall–Kier alpha value is -1.85. The summed E-state index contributed by atoms with van der Waals surface area (Å²) in [5, 5.41) is 10.8. The summed E-state index contributed by atoms with van der Waals surface area (Å²) in [6.07, 6.45) is 2.81. The maximum Gasteiger partial charge on any atom is 0.256 e. The van der Waals surface area contributed by atoms with Crippen molar-refractivity contribution in [3.8, 4) is 0 Å². The molecule has 2 rings (SSSR count). The average molecular weight is 365 g/mol. The molecular formula is C19H25ClN2O3. The largest absolute Gasteiger partial charge is 0.378 e. The first kappa shape index (κ1) is 19.5. The van der Waals surface area contributed by atoms with Gasteiger partial charge in [0.2, 0.25) is 5.91 Å². The smallest absolute Gasteiger partial charge is 0.256 e. The second-order valence-corrected chi connectivity index (χ2v) is 6.92. The molecule has 1 aliphatic rings. The van der Waals surface area contributed by atoms with E-state index in [9.17, 15) is 14.7 Å². The van der Waals surface area contributed by atoms with E-state index in [1.807, 2.05) is 0 Å². The quantitative estimate of drug-likeness (QED) is 0.789. The number of halogens is 1. The van der Waals surface area contributed by atoms with Crippen LogP contribution in [0.2, 0.25) is 5.02 Å². The average Bonchev–Trinajstić information content (AvgIpc) is 2.64. The standard InChI is InChI=1S/C19H25ClN2O3/c1-3-17(23)21(2)10-7-14-8-11-22(12-9-14)19(25)18(24)15-5-4-6-16(20)13-15/h3-6,13-14,18,24H,1,7-12H2,2H3. The molecule has 0 spiro atoms. The van der Waals surface area contributed by atoms with Gasteiger partial charge in [0.1, 0.15) is 0 Å². The van der Waals surface area contributed by atoms with Crippen LogP contribution in [0.5, 0.6) is 0 Å². The lowest BCUT2D eigenvalue weighted by atomic mass is 9.93. The highest BCUT2D eigenvalue weighted by atomic mass is 35.5. The third-order valence-electron chi connectivity index (χ3n) is 4.75. The minimum atomic E-state index is -1.17. The first-order valence-electron chi connectivity index (χ1n) is 8.52. The highest BCUT2D eigenvalue weighted by molar-refractivity contribution is 6.30. The lowest BCUT2D eigenvalue weighted by Gasteiger charge is -2.34. The van der Waals surface area contributed by atoms with Gasteiger partial charge in [-0.05, 0) is 49.0 Å². The van der Waals surface area contributed by atoms with Crippen molar-refractivity contribution < 1.29 is 14.7 Å². The molecule has 0 bridgehead atoms. The van der Waals surface area contributed by atoms with Gasteiger partial charge < -0.3 is 14.9 Å². The summed E-state index contributed by atoms with van der Waals surface area (Å²) >= 11 is 5.92. The number of aliphatic hydroxyl groups is 1. The molecule has 1 aliphatic heterocycles. The number of carbonyl (C=O) groups excluding carboxylic acids is 2. The summed E-state index contributed by atoms with van der Waals surface area (Å²) in [4.78, 5) is 27.3. The minimum Gasteiger partial charge on any atom is -0.378 e. The van der Waals surface area contributed by atoms with E-state index in [-0.39, 0.29) is 11.8 Å². The number of hydrogen-bond donors (Lipinski definition) is 1. The zero-order valence-corrected chi connectivity index (χ0v) is 15.3. The molecule has 1 heterocycles. The summed E-state index contributed by atoms with van der Waals surface area (Å²) in [6.45, 7) is 5.42. The van der Waals surface area contributed by atoms with Crippen LogP contribution in [0.4, 0.5) is 0 Å². The number of amides is 2. The van der Waals surface area contributed by atoms with Gasteiger partial charge in [-0.3, -0.25) is 9.59 Å². The van der Waals surface area contributed by atoms with E-state index in [1.165, 1.54) is 6.08 Å². The van der Waals surface area contributed by atoms with Crippen LogP contribution in [-0.2, 0) is 9.59 Å². The lowest BCUT2D eigenvalue weighted by molar-refractivity contribution is -0.142. The van der Waals surface area contributed by atoms with Crippen molar-refractivity contribution in [2.45, 2.75) is 25.4 Å². The Morgan fingerprint density at radius 2 is 2.12 bits per heavy atom. The zero-order chi connectivity index (χ0) is 18.4. The number of carbonyl (C=O) groups is 2. The molecule has 1 aromatic rings. The molecule has 0 saturated carbocycles. The van der Waals surface area contributed by atoms with Gasteiger partial charge >= 0.3 is 0 Å². The SMILES string of the molecule is C=CC(=O)N(C)CCC1CCN(C(=O)C(O)c2cccc(Cl)c2)CC1. The predicted molar refractivity (Wildman–Crippen MR) is 98.2 cm³/mol. The predicted octanol–water partition coefficient (Wildman–Crippen LogP) is 2.65. The van der Waals surface area contributed by atoms with Gasteiger partial charge in [-0.15, -0.1) is 0 Å². The van der Waals surface area contributed by atoms with Gasteiger partial charge in [-0.2, -0.15) is 0 Å². The molecule has 0 aromatic heterocycles. The number of rotatable bonds is 6. The zero-order valence-electron chi connectivity index (χ0n) is 14.5. The Morgan fingerprint density at radius 3 is 2.72 bits per heavy atom. The molecule has 25 heavy (non-hydrogen) atoms. The van der Waals surface area contributed by atoms with Crippen molar-refractivity contribution in [2.24, 2.45) is 5.92 Å². The van der Waals surface area contributed by atoms with Gasteiger partial charge in [-0.25, -0.2) is 0 Å². The van der Waals surface area contributed by atoms with Crippen molar-refractivity contribution in [2.75, 3.05) is 26.7 Å². The number of hydrogen-bond acceptors (Lipinski definition) is 3. The monoisotopic (exact) mass is 364 g/mol. The summed E-state index contributed by atoms with van der Waals surface area (Å²) in [5.41, 5.74) is 0.518. The summed E-state index contributed by atoms with van der Waals surface area (Å²) in [6, 6.07) is 6.75. The number of benzene rings is 1. The Kier molecular flexibility index (Phi) is 7.02. The summed E-state index contributed by atoms with van der Waals surface area (Å²) < 4.78 is 0. The van der Waals surface area contributed by atoms with Crippen molar-refractivity contribution in [1.29, 1.82) is 0 Å². The van der Waals surface area contributed by atoms with E-state index in [1.54, 1.807) is 41.1 Å². The Balaban J connectivity index is 1.82. The number of likely N-dealkylation sites (tertiary alicyclic amines) is 1. The van der Waals surface area contributed by atoms with Crippen molar-refractivity contribution >= 4 is 23.4 Å². The van der Waals surface area contributed by atoms with Crippen LogP contribution >= 0.6 is 11.6 Å². The Morgan fingerprint density at radius 1 is 1.44 bits per heavy atom. The van der Waals surface area contributed by atoms with Gasteiger partial charge in [0.05, 0.1) is 0 Å². The Bertz CT molecular complexity index is 627. The molecule has 0 aliphatic carbocycles. The molecule has 1 saturated heterocycles. The van der Waals surface area contributed by atoms with Crippen LogP contribution in [-0.4, -0.2) is 53.4 Å². The van der Waals surface area contributed by atoms with Gasteiger partial charge in [0, 0.05) is 31.7 Å². The van der Waals surface area contributed by atoms with E-state index in [2.05, 4.69) is 6.58 Å². The van der Waals surface area contributed by atoms with E-state index >= 15 is 0 Å². The first-order chi connectivity index (χ1) is 11.9. The number of piperidine rings is 1. The van der Waals surface area contributed by atoms with Crippen molar-refractivity contribution in [3.63, 3.8) is 0 Å². The molecule has 6 heteroatoms. The number of nitrogens with zero attached hydrogens (tertiary/aromatic N) is 2. The van der Waals surface area contributed by atoms with Crippen molar-refractivity contribution in [3.05, 3.63) is 47.5 Å². The van der Waals surface area contributed by atoms with Crippen LogP contribution in [0, 0.1) is 5.92 Å². The molecule has 136 valence electrons. The van der Waals surface area contributed by atoms with E-state index < -0.39 is 6.10 Å². The Labute approximate surface area is 153 Å². The molecule has 0 radical (unpaired) electrons. The van der Waals surface area contributed by atoms with Gasteiger partial charge in [-0.1, -0.05) is 30.3 Å². The van der Waals surface area contributed by atoms with Gasteiger partial charge in [0.25, 0.3) is 5.91 Å². The van der Waals surface area contributed by atoms with Crippen LogP contribution in [0.3, 0.4) is 0 Å². The molecule has 1 N–H and O–H groups in total.